The lowest BCUT2D eigenvalue weighted by molar-refractivity contribution is 0.594. The maximum absolute atomic E-state index is 12.2. The Morgan fingerprint density at radius 3 is 2.50 bits per heavy atom. The molecule has 0 bridgehead atoms. The highest BCUT2D eigenvalue weighted by atomic mass is 32.2. The van der Waals surface area contributed by atoms with Crippen LogP contribution in [0, 0.1) is 13.8 Å². The van der Waals surface area contributed by atoms with Gasteiger partial charge in [-0.15, -0.1) is 11.3 Å². The van der Waals surface area contributed by atoms with Crippen LogP contribution in [0.15, 0.2) is 40.2 Å². The molecule has 0 radical (unpaired) electrons. The zero-order valence-corrected chi connectivity index (χ0v) is 15.7. The van der Waals surface area contributed by atoms with Crippen molar-refractivity contribution in [1.29, 1.82) is 0 Å². The van der Waals surface area contributed by atoms with Gasteiger partial charge in [-0.3, -0.25) is 4.99 Å². The largest absolute Gasteiger partial charge is 0.355 e. The lowest BCUT2D eigenvalue weighted by Crippen LogP contribution is -2.39. The fraction of sp³-hybridized carbons (Fsp3) is 0.375. The van der Waals surface area contributed by atoms with Crippen molar-refractivity contribution < 1.29 is 8.42 Å². The number of rotatable bonds is 6. The van der Waals surface area contributed by atoms with E-state index in [1.807, 2.05) is 13.8 Å². The van der Waals surface area contributed by atoms with Crippen LogP contribution < -0.4 is 10.6 Å². The second-order valence-corrected chi connectivity index (χ2v) is 8.63. The quantitative estimate of drug-likeness (QED) is 0.603. The van der Waals surface area contributed by atoms with E-state index in [0.29, 0.717) is 17.4 Å². The third-order valence-corrected chi connectivity index (χ3v) is 6.27. The van der Waals surface area contributed by atoms with Gasteiger partial charge in [-0.25, -0.2) is 13.4 Å². The van der Waals surface area contributed by atoms with Gasteiger partial charge in [0.1, 0.15) is 5.01 Å². The van der Waals surface area contributed by atoms with Crippen LogP contribution in [0.3, 0.4) is 0 Å². The number of hydrogen-bond donors (Lipinski definition) is 2. The summed E-state index contributed by atoms with van der Waals surface area (Å²) >= 11 is 1.64. The fourth-order valence-electron chi connectivity index (χ4n) is 2.04. The summed E-state index contributed by atoms with van der Waals surface area (Å²) in [6.07, 6.45) is 0. The van der Waals surface area contributed by atoms with Crippen molar-refractivity contribution in [2.75, 3.05) is 19.3 Å². The molecular formula is C16H22N4O2S2. The summed E-state index contributed by atoms with van der Waals surface area (Å²) in [7, 11) is -1.64. The van der Waals surface area contributed by atoms with Crippen molar-refractivity contribution in [3.63, 3.8) is 0 Å². The first-order chi connectivity index (χ1) is 11.4. The minimum atomic E-state index is -3.29. The van der Waals surface area contributed by atoms with E-state index in [0.717, 1.165) is 10.7 Å². The maximum Gasteiger partial charge on any atom is 0.191 e. The lowest BCUT2D eigenvalue weighted by Gasteiger charge is -2.11. The summed E-state index contributed by atoms with van der Waals surface area (Å²) in [6, 6.07) is 8.45. The molecule has 0 aliphatic rings. The van der Waals surface area contributed by atoms with Crippen LogP contribution in [-0.2, 0) is 16.4 Å². The van der Waals surface area contributed by atoms with Crippen LogP contribution in [0.4, 0.5) is 0 Å². The number of aryl methyl sites for hydroxylation is 2. The van der Waals surface area contributed by atoms with Crippen LogP contribution in [0.5, 0.6) is 0 Å². The smallest absolute Gasteiger partial charge is 0.191 e. The minimum absolute atomic E-state index is 0.00712. The van der Waals surface area contributed by atoms with E-state index in [1.165, 1.54) is 4.88 Å². The Labute approximate surface area is 147 Å². The summed E-state index contributed by atoms with van der Waals surface area (Å²) in [4.78, 5) is 10.1. The number of guanidine groups is 1. The number of aromatic nitrogens is 1. The molecule has 130 valence electrons. The van der Waals surface area contributed by atoms with Gasteiger partial charge in [0.25, 0.3) is 0 Å². The van der Waals surface area contributed by atoms with E-state index >= 15 is 0 Å². The number of nitrogens with one attached hydrogen (secondary N) is 2. The van der Waals surface area contributed by atoms with E-state index in [1.54, 1.807) is 48.7 Å². The third-order valence-electron chi connectivity index (χ3n) is 3.47. The molecule has 1 aromatic heterocycles. The second-order valence-electron chi connectivity index (χ2n) is 5.23. The van der Waals surface area contributed by atoms with Gasteiger partial charge < -0.3 is 10.6 Å². The Morgan fingerprint density at radius 2 is 1.92 bits per heavy atom. The molecule has 0 aliphatic carbocycles. The van der Waals surface area contributed by atoms with E-state index < -0.39 is 9.84 Å². The van der Waals surface area contributed by atoms with Gasteiger partial charge in [-0.2, -0.15) is 0 Å². The number of benzene rings is 1. The van der Waals surface area contributed by atoms with Crippen LogP contribution >= 0.6 is 11.3 Å². The average Bonchev–Trinajstić information content (AvgIpc) is 2.89. The fourth-order valence-corrected chi connectivity index (χ4v) is 4.10. The molecule has 2 aromatic rings. The highest BCUT2D eigenvalue weighted by molar-refractivity contribution is 7.91. The Bertz CT molecular complexity index is 779. The van der Waals surface area contributed by atoms with Gasteiger partial charge in [0.15, 0.2) is 15.8 Å². The predicted octanol–water partition coefficient (Wildman–Crippen LogP) is 1.90. The Balaban J connectivity index is 1.83. The highest BCUT2D eigenvalue weighted by Crippen LogP contribution is 2.15. The molecule has 0 fully saturated rings. The molecule has 1 aromatic carbocycles. The van der Waals surface area contributed by atoms with E-state index in [2.05, 4.69) is 20.6 Å². The predicted molar refractivity (Wildman–Crippen MR) is 98.3 cm³/mol. The van der Waals surface area contributed by atoms with Crippen molar-refractivity contribution in [1.82, 2.24) is 15.6 Å². The van der Waals surface area contributed by atoms with Crippen LogP contribution in [0.25, 0.3) is 0 Å². The number of nitrogens with zero attached hydrogens (tertiary/aromatic N) is 2. The molecule has 0 aliphatic heterocycles. The normalized spacial score (nSPS) is 12.2. The second kappa shape index (κ2) is 8.25. The number of hydrogen-bond acceptors (Lipinski definition) is 5. The van der Waals surface area contributed by atoms with Gasteiger partial charge in [0.2, 0.25) is 0 Å². The summed E-state index contributed by atoms with van der Waals surface area (Å²) < 4.78 is 24.4. The molecule has 0 unspecified atom stereocenters. The van der Waals surface area contributed by atoms with Crippen molar-refractivity contribution in [2.45, 2.75) is 25.3 Å². The Kier molecular flexibility index (Phi) is 6.33. The maximum atomic E-state index is 12.2. The van der Waals surface area contributed by atoms with Gasteiger partial charge in [0.05, 0.1) is 22.9 Å². The van der Waals surface area contributed by atoms with Gasteiger partial charge in [-0.05, 0) is 26.0 Å². The number of aliphatic imine (C=N–C) groups is 1. The molecular weight excluding hydrogens is 344 g/mol. The molecule has 0 atom stereocenters. The highest BCUT2D eigenvalue weighted by Gasteiger charge is 2.13. The lowest BCUT2D eigenvalue weighted by atomic mass is 10.4. The minimum Gasteiger partial charge on any atom is -0.355 e. The molecule has 8 heteroatoms. The topological polar surface area (TPSA) is 83.5 Å². The standard InChI is InChI=1S/C16H22N4O2S2/c1-12-13(2)23-15(20-12)11-19-16(17-3)18-9-10-24(21,22)14-7-5-4-6-8-14/h4-8H,9-11H2,1-3H3,(H2,17,18,19). The first kappa shape index (κ1) is 18.4. The van der Waals surface area contributed by atoms with E-state index in [9.17, 15) is 8.42 Å². The van der Waals surface area contributed by atoms with Crippen molar-refractivity contribution >= 4 is 27.1 Å². The van der Waals surface area contributed by atoms with Crippen molar-refractivity contribution in [2.24, 2.45) is 4.99 Å². The van der Waals surface area contributed by atoms with Crippen LogP contribution in [-0.4, -0.2) is 38.7 Å². The third kappa shape index (κ3) is 5.04. The van der Waals surface area contributed by atoms with Crippen molar-refractivity contribution in [3.8, 4) is 0 Å². The average molecular weight is 367 g/mol. The van der Waals surface area contributed by atoms with Crippen LogP contribution in [0.1, 0.15) is 15.6 Å². The molecule has 0 amide bonds. The number of thiazole rings is 1. The van der Waals surface area contributed by atoms with E-state index in [4.69, 9.17) is 0 Å². The summed E-state index contributed by atoms with van der Waals surface area (Å²) in [5, 5.41) is 7.14. The summed E-state index contributed by atoms with van der Waals surface area (Å²) in [5.74, 6) is 0.566. The van der Waals surface area contributed by atoms with Crippen molar-refractivity contribution in [3.05, 3.63) is 45.9 Å². The first-order valence-electron chi connectivity index (χ1n) is 7.57. The van der Waals surface area contributed by atoms with E-state index in [-0.39, 0.29) is 12.3 Å². The monoisotopic (exact) mass is 366 g/mol. The molecule has 24 heavy (non-hydrogen) atoms. The molecule has 0 saturated heterocycles. The molecule has 2 rings (SSSR count). The Morgan fingerprint density at radius 1 is 1.21 bits per heavy atom. The zero-order valence-electron chi connectivity index (χ0n) is 14.0. The number of sulfone groups is 1. The molecule has 0 saturated carbocycles. The van der Waals surface area contributed by atoms with Gasteiger partial charge in [-0.1, -0.05) is 18.2 Å². The first-order valence-corrected chi connectivity index (χ1v) is 10.0. The van der Waals surface area contributed by atoms with Gasteiger partial charge in [0, 0.05) is 18.5 Å². The zero-order chi connectivity index (χ0) is 17.6. The molecule has 0 spiro atoms. The van der Waals surface area contributed by atoms with Gasteiger partial charge >= 0.3 is 0 Å². The summed E-state index contributed by atoms with van der Waals surface area (Å²) in [5.41, 5.74) is 1.04. The van der Waals surface area contributed by atoms with Crippen LogP contribution in [0.2, 0.25) is 0 Å². The molecule has 1 heterocycles. The molecule has 2 N–H and O–H groups in total. The Hall–Kier alpha value is -1.93. The summed E-state index contributed by atoms with van der Waals surface area (Å²) in [6.45, 7) is 4.87. The SMILES string of the molecule is CN=C(NCCS(=O)(=O)c1ccccc1)NCc1nc(C)c(C)s1. The molecule has 6 nitrogen and oxygen atoms in total.